The summed E-state index contributed by atoms with van der Waals surface area (Å²) in [6.07, 6.45) is 1.68. The summed E-state index contributed by atoms with van der Waals surface area (Å²) < 4.78 is 10.5. The van der Waals surface area contributed by atoms with Crippen molar-refractivity contribution in [2.24, 2.45) is 0 Å². The summed E-state index contributed by atoms with van der Waals surface area (Å²) in [6.45, 7) is 6.20. The van der Waals surface area contributed by atoms with Crippen LogP contribution >= 0.6 is 0 Å². The van der Waals surface area contributed by atoms with Gasteiger partial charge in [-0.15, -0.1) is 0 Å². The molecule has 1 aromatic heterocycles. The number of nitrogens with zero attached hydrogens (tertiary/aromatic N) is 1. The fraction of sp³-hybridized carbons (Fsp3) is 0.333. The fourth-order valence-corrected chi connectivity index (χ4v) is 2.23. The number of amides is 1. The summed E-state index contributed by atoms with van der Waals surface area (Å²) in [4.78, 5) is 16.8. The standard InChI is InChI=1S/C18H23N3O3/c1-18(2,3)21-12-9-10-15(19-11-12)20-17(22)16-13(23-4)7-6-8-14(16)24-5/h6-11,21H,1-5H3,(H,19,20,22). The highest BCUT2D eigenvalue weighted by atomic mass is 16.5. The second-order valence-corrected chi connectivity index (χ2v) is 6.30. The molecule has 6 nitrogen and oxygen atoms in total. The van der Waals surface area contributed by atoms with E-state index >= 15 is 0 Å². The molecule has 0 fully saturated rings. The Morgan fingerprint density at radius 2 is 1.67 bits per heavy atom. The van der Waals surface area contributed by atoms with Crippen LogP contribution in [0.5, 0.6) is 11.5 Å². The van der Waals surface area contributed by atoms with Crippen molar-refractivity contribution in [2.75, 3.05) is 24.9 Å². The lowest BCUT2D eigenvalue weighted by Gasteiger charge is -2.21. The number of anilines is 2. The van der Waals surface area contributed by atoms with Gasteiger partial charge in [0.1, 0.15) is 22.9 Å². The second kappa shape index (κ2) is 7.21. The molecule has 24 heavy (non-hydrogen) atoms. The van der Waals surface area contributed by atoms with E-state index in [4.69, 9.17) is 9.47 Å². The molecule has 0 bridgehead atoms. The van der Waals surface area contributed by atoms with Crippen molar-refractivity contribution in [3.05, 3.63) is 42.1 Å². The summed E-state index contributed by atoms with van der Waals surface area (Å²) in [7, 11) is 3.02. The first-order valence-electron chi connectivity index (χ1n) is 7.60. The minimum atomic E-state index is -0.340. The van der Waals surface area contributed by atoms with E-state index in [-0.39, 0.29) is 11.4 Å². The number of carbonyl (C=O) groups excluding carboxylic acids is 1. The molecule has 0 saturated heterocycles. The molecule has 0 atom stereocenters. The molecule has 0 radical (unpaired) electrons. The van der Waals surface area contributed by atoms with Crippen molar-refractivity contribution in [3.8, 4) is 11.5 Å². The van der Waals surface area contributed by atoms with Crippen molar-refractivity contribution >= 4 is 17.4 Å². The van der Waals surface area contributed by atoms with Gasteiger partial charge in [0.05, 0.1) is 26.1 Å². The van der Waals surface area contributed by atoms with Crippen molar-refractivity contribution in [3.63, 3.8) is 0 Å². The number of rotatable bonds is 5. The Morgan fingerprint density at radius 1 is 1.04 bits per heavy atom. The molecule has 2 aromatic rings. The molecule has 0 aliphatic rings. The number of hydrogen-bond donors (Lipinski definition) is 2. The number of carbonyl (C=O) groups is 1. The Hall–Kier alpha value is -2.76. The lowest BCUT2D eigenvalue weighted by Crippen LogP contribution is -2.26. The van der Waals surface area contributed by atoms with Gasteiger partial charge >= 0.3 is 0 Å². The summed E-state index contributed by atoms with van der Waals surface area (Å²) >= 11 is 0. The average molecular weight is 329 g/mol. The van der Waals surface area contributed by atoms with Crippen LogP contribution in [0.1, 0.15) is 31.1 Å². The van der Waals surface area contributed by atoms with Crippen LogP contribution in [0.3, 0.4) is 0 Å². The summed E-state index contributed by atoms with van der Waals surface area (Å²) in [5.74, 6) is 0.997. The molecule has 1 heterocycles. The molecule has 128 valence electrons. The molecular formula is C18H23N3O3. The Balaban J connectivity index is 2.18. The van der Waals surface area contributed by atoms with Crippen molar-refractivity contribution < 1.29 is 14.3 Å². The predicted molar refractivity (Wildman–Crippen MR) is 95.1 cm³/mol. The zero-order chi connectivity index (χ0) is 17.7. The van der Waals surface area contributed by atoms with Crippen LogP contribution < -0.4 is 20.1 Å². The van der Waals surface area contributed by atoms with E-state index < -0.39 is 0 Å². The van der Waals surface area contributed by atoms with Gasteiger partial charge in [-0.05, 0) is 45.0 Å². The van der Waals surface area contributed by atoms with Crippen LogP contribution in [0, 0.1) is 0 Å². The van der Waals surface area contributed by atoms with Crippen molar-refractivity contribution in [1.29, 1.82) is 0 Å². The number of aromatic nitrogens is 1. The molecule has 0 spiro atoms. The quantitative estimate of drug-likeness (QED) is 0.877. The first-order chi connectivity index (χ1) is 11.3. The van der Waals surface area contributed by atoms with Gasteiger partial charge < -0.3 is 20.1 Å². The third kappa shape index (κ3) is 4.38. The molecule has 0 aliphatic carbocycles. The van der Waals surface area contributed by atoms with Crippen LogP contribution in [0.4, 0.5) is 11.5 Å². The third-order valence-electron chi connectivity index (χ3n) is 3.18. The second-order valence-electron chi connectivity index (χ2n) is 6.30. The normalized spacial score (nSPS) is 10.9. The van der Waals surface area contributed by atoms with Crippen LogP contribution in [0.15, 0.2) is 36.5 Å². The summed E-state index contributed by atoms with van der Waals surface area (Å²) in [5, 5.41) is 6.07. The number of nitrogens with one attached hydrogen (secondary N) is 2. The highest BCUT2D eigenvalue weighted by Gasteiger charge is 2.18. The van der Waals surface area contributed by atoms with Gasteiger partial charge in [-0.2, -0.15) is 0 Å². The SMILES string of the molecule is COc1cccc(OC)c1C(=O)Nc1ccc(NC(C)(C)C)cn1. The van der Waals surface area contributed by atoms with Gasteiger partial charge in [0.15, 0.2) is 0 Å². The Morgan fingerprint density at radius 3 is 2.12 bits per heavy atom. The van der Waals surface area contributed by atoms with Gasteiger partial charge in [0, 0.05) is 5.54 Å². The molecular weight excluding hydrogens is 306 g/mol. The predicted octanol–water partition coefficient (Wildman–Crippen LogP) is 3.56. The maximum absolute atomic E-state index is 12.6. The van der Waals surface area contributed by atoms with Gasteiger partial charge in [0.25, 0.3) is 5.91 Å². The highest BCUT2D eigenvalue weighted by Crippen LogP contribution is 2.29. The van der Waals surface area contributed by atoms with E-state index in [1.54, 1.807) is 30.5 Å². The molecule has 6 heteroatoms. The molecule has 0 saturated carbocycles. The lowest BCUT2D eigenvalue weighted by atomic mass is 10.1. The Labute approximate surface area is 142 Å². The van der Waals surface area contributed by atoms with E-state index in [0.717, 1.165) is 5.69 Å². The van der Waals surface area contributed by atoms with E-state index in [1.165, 1.54) is 14.2 Å². The van der Waals surface area contributed by atoms with Crippen LogP contribution in [0.2, 0.25) is 0 Å². The van der Waals surface area contributed by atoms with Crippen LogP contribution in [-0.4, -0.2) is 30.6 Å². The maximum Gasteiger partial charge on any atom is 0.264 e. The Bertz CT molecular complexity index is 684. The topological polar surface area (TPSA) is 72.5 Å². The molecule has 1 amide bonds. The lowest BCUT2D eigenvalue weighted by molar-refractivity contribution is 0.102. The van der Waals surface area contributed by atoms with Crippen molar-refractivity contribution in [2.45, 2.75) is 26.3 Å². The van der Waals surface area contributed by atoms with Crippen LogP contribution in [0.25, 0.3) is 0 Å². The summed E-state index contributed by atoms with van der Waals surface area (Å²) in [6, 6.07) is 8.79. The first-order valence-corrected chi connectivity index (χ1v) is 7.60. The van der Waals surface area contributed by atoms with Gasteiger partial charge in [0.2, 0.25) is 0 Å². The van der Waals surface area contributed by atoms with Crippen molar-refractivity contribution in [1.82, 2.24) is 4.98 Å². The number of ether oxygens (including phenoxy) is 2. The number of pyridine rings is 1. The monoisotopic (exact) mass is 329 g/mol. The zero-order valence-electron chi connectivity index (χ0n) is 14.6. The molecule has 1 aromatic carbocycles. The smallest absolute Gasteiger partial charge is 0.264 e. The number of methoxy groups -OCH3 is 2. The minimum Gasteiger partial charge on any atom is -0.496 e. The van der Waals surface area contributed by atoms with E-state index in [2.05, 4.69) is 36.4 Å². The largest absolute Gasteiger partial charge is 0.496 e. The third-order valence-corrected chi connectivity index (χ3v) is 3.18. The van der Waals surface area contributed by atoms with E-state index in [9.17, 15) is 4.79 Å². The fourth-order valence-electron chi connectivity index (χ4n) is 2.23. The maximum atomic E-state index is 12.6. The van der Waals surface area contributed by atoms with Gasteiger partial charge in [-0.25, -0.2) is 4.98 Å². The molecule has 0 aliphatic heterocycles. The first kappa shape index (κ1) is 17.6. The average Bonchev–Trinajstić information content (AvgIpc) is 2.54. The minimum absolute atomic E-state index is 0.0583. The van der Waals surface area contributed by atoms with Gasteiger partial charge in [-0.3, -0.25) is 4.79 Å². The number of benzene rings is 1. The van der Waals surface area contributed by atoms with E-state index in [1.807, 2.05) is 6.07 Å². The molecule has 0 unspecified atom stereocenters. The highest BCUT2D eigenvalue weighted by molar-refractivity contribution is 6.07. The van der Waals surface area contributed by atoms with Gasteiger partial charge in [-0.1, -0.05) is 6.07 Å². The zero-order valence-corrected chi connectivity index (χ0v) is 14.6. The molecule has 2 rings (SSSR count). The van der Waals surface area contributed by atoms with E-state index in [0.29, 0.717) is 22.9 Å². The number of hydrogen-bond acceptors (Lipinski definition) is 5. The Kier molecular flexibility index (Phi) is 5.28. The van der Waals surface area contributed by atoms with Crippen LogP contribution in [-0.2, 0) is 0 Å². The molecule has 2 N–H and O–H groups in total. The summed E-state index contributed by atoms with van der Waals surface area (Å²) in [5.41, 5.74) is 1.16.